The number of nitrogens with one attached hydrogen (secondary N) is 5. The molecule has 0 unspecified atom stereocenters. The Morgan fingerprint density at radius 2 is 0.649 bits per heavy atom. The van der Waals surface area contributed by atoms with E-state index in [9.17, 15) is 4.79 Å². The van der Waals surface area contributed by atoms with E-state index in [0.717, 1.165) is 34.0 Å². The molecule has 208 valence electrons. The fraction of sp³-hybridized carbons (Fsp3) is 0.581. The van der Waals surface area contributed by atoms with E-state index in [-0.39, 0.29) is 11.7 Å². The van der Waals surface area contributed by atoms with Gasteiger partial charge in [-0.2, -0.15) is 0 Å². The van der Waals surface area contributed by atoms with Gasteiger partial charge < -0.3 is 26.6 Å². The number of rotatable bonds is 12. The Labute approximate surface area is 226 Å². The Hall–Kier alpha value is -2.89. The van der Waals surface area contributed by atoms with Crippen LogP contribution in [0.25, 0.3) is 0 Å². The van der Waals surface area contributed by atoms with Crippen molar-refractivity contribution >= 4 is 34.2 Å². The molecule has 0 amide bonds. The predicted molar refractivity (Wildman–Crippen MR) is 166 cm³/mol. The topological polar surface area (TPSA) is 77.2 Å². The molecule has 0 fully saturated rings. The number of hydrogen-bond acceptors (Lipinski definition) is 6. The molecule has 0 atom stereocenters. The van der Waals surface area contributed by atoms with Gasteiger partial charge in [-0.3, -0.25) is 4.79 Å². The summed E-state index contributed by atoms with van der Waals surface area (Å²) < 4.78 is 0. The number of carbonyl (C=O) groups excluding carboxylic acids is 1. The molecule has 0 spiro atoms. The molecular weight excluding hydrogens is 458 g/mol. The zero-order valence-electron chi connectivity index (χ0n) is 25.3. The summed E-state index contributed by atoms with van der Waals surface area (Å²) in [5.41, 5.74) is 6.20. The number of ketones is 1. The van der Waals surface area contributed by atoms with Crippen LogP contribution in [0.4, 0.5) is 28.4 Å². The first kappa shape index (κ1) is 32.1. The Morgan fingerprint density at radius 3 is 0.838 bits per heavy atom. The van der Waals surface area contributed by atoms with Crippen molar-refractivity contribution in [1.29, 1.82) is 0 Å². The molecule has 2 aromatic rings. The van der Waals surface area contributed by atoms with E-state index >= 15 is 0 Å². The van der Waals surface area contributed by atoms with Gasteiger partial charge in [0, 0.05) is 70.1 Å². The van der Waals surface area contributed by atoms with Gasteiger partial charge in [0.1, 0.15) is 0 Å². The second kappa shape index (κ2) is 15.4. The highest BCUT2D eigenvalue weighted by atomic mass is 16.1. The van der Waals surface area contributed by atoms with Gasteiger partial charge in [-0.25, -0.2) is 0 Å². The lowest BCUT2D eigenvalue weighted by Gasteiger charge is -2.18. The van der Waals surface area contributed by atoms with Gasteiger partial charge in [-0.05, 0) is 106 Å². The largest absolute Gasteiger partial charge is 0.383 e. The van der Waals surface area contributed by atoms with Crippen molar-refractivity contribution in [1.82, 2.24) is 0 Å². The normalized spacial score (nSPS) is 11.2. The molecule has 0 saturated heterocycles. The summed E-state index contributed by atoms with van der Waals surface area (Å²) in [6, 6.07) is 14.4. The Kier molecular flexibility index (Phi) is 13.4. The predicted octanol–water partition coefficient (Wildman–Crippen LogP) is 8.31. The lowest BCUT2D eigenvalue weighted by molar-refractivity contribution is 0.0939. The molecule has 0 aliphatic heterocycles. The maximum Gasteiger partial charge on any atom is 0.165 e. The van der Waals surface area contributed by atoms with E-state index in [2.05, 4.69) is 120 Å². The van der Waals surface area contributed by atoms with Crippen LogP contribution >= 0.6 is 0 Å². The van der Waals surface area contributed by atoms with E-state index in [4.69, 9.17) is 0 Å². The minimum absolute atomic E-state index is 0.0150. The number of Topliss-reactive ketones (excluding diaryl/α,β-unsaturated/α-hetero) is 1. The zero-order valence-corrected chi connectivity index (χ0v) is 25.3. The molecule has 0 heterocycles. The third-order valence-electron chi connectivity index (χ3n) is 4.95. The smallest absolute Gasteiger partial charge is 0.165 e. The third-order valence-corrected chi connectivity index (χ3v) is 4.95. The Morgan fingerprint density at radius 1 is 0.432 bits per heavy atom. The van der Waals surface area contributed by atoms with E-state index in [1.165, 1.54) is 0 Å². The maximum atomic E-state index is 12.2. The third kappa shape index (κ3) is 13.3. The van der Waals surface area contributed by atoms with Crippen LogP contribution in [0.5, 0.6) is 0 Å². The van der Waals surface area contributed by atoms with E-state index < -0.39 is 0 Å². The van der Waals surface area contributed by atoms with E-state index in [0.29, 0.717) is 30.2 Å². The van der Waals surface area contributed by atoms with Crippen molar-refractivity contribution in [3.63, 3.8) is 0 Å². The average molecular weight is 512 g/mol. The summed E-state index contributed by atoms with van der Waals surface area (Å²) in [6.07, 6.45) is 0. The van der Waals surface area contributed by atoms with Crippen molar-refractivity contribution in [2.75, 3.05) is 26.6 Å². The van der Waals surface area contributed by atoms with Crippen molar-refractivity contribution < 1.29 is 4.79 Å². The molecule has 5 N–H and O–H groups in total. The van der Waals surface area contributed by atoms with Crippen LogP contribution in [0.15, 0.2) is 36.4 Å². The summed E-state index contributed by atoms with van der Waals surface area (Å²) in [5.74, 6) is 0.195. The van der Waals surface area contributed by atoms with Crippen molar-refractivity contribution in [3.05, 3.63) is 42.0 Å². The minimum Gasteiger partial charge on any atom is -0.383 e. The Bertz CT molecular complexity index is 866. The molecule has 0 aliphatic rings. The second-order valence-electron chi connectivity index (χ2n) is 11.6. The molecule has 0 aliphatic carbocycles. The summed E-state index contributed by atoms with van der Waals surface area (Å²) in [5, 5.41) is 17.1. The molecule has 2 rings (SSSR count). The zero-order chi connectivity index (χ0) is 28.3. The monoisotopic (exact) mass is 511 g/mol. The number of hydrogen-bond donors (Lipinski definition) is 5. The minimum atomic E-state index is 0.0150. The number of benzene rings is 2. The van der Waals surface area contributed by atoms with Gasteiger partial charge in [0.2, 0.25) is 0 Å². The average Bonchev–Trinajstić information content (AvgIpc) is 2.70. The standard InChI is InChI=1S/C16H26N2O.C15H27N3/c1-10(2)16(19)13-7-14(17-11(3)4)9-15(8-13)18-12(5)6;1-10(2)16-13-7-14(17-11(3)4)9-15(8-13)18-12(5)6/h7-12,17-18H,1-6H3;7-12,16-18H,1-6H3. The Balaban J connectivity index is 0.000000371. The molecule has 37 heavy (non-hydrogen) atoms. The molecule has 0 bridgehead atoms. The lowest BCUT2D eigenvalue weighted by atomic mass is 10.00. The van der Waals surface area contributed by atoms with Crippen LogP contribution in [0.2, 0.25) is 0 Å². The molecule has 2 aromatic carbocycles. The number of anilines is 5. The van der Waals surface area contributed by atoms with Crippen LogP contribution < -0.4 is 26.6 Å². The van der Waals surface area contributed by atoms with Gasteiger partial charge in [-0.15, -0.1) is 0 Å². The van der Waals surface area contributed by atoms with Gasteiger partial charge in [0.05, 0.1) is 0 Å². The van der Waals surface area contributed by atoms with E-state index in [1.807, 2.05) is 26.0 Å². The SMILES string of the molecule is CC(C)Nc1cc(NC(C)C)cc(C(=O)C(C)C)c1.CC(C)Nc1cc(NC(C)C)cc(NC(C)C)c1. The lowest BCUT2D eigenvalue weighted by Crippen LogP contribution is -2.15. The van der Waals surface area contributed by atoms with Gasteiger partial charge in [-0.1, -0.05) is 13.8 Å². The molecule has 6 heteroatoms. The fourth-order valence-corrected chi connectivity index (χ4v) is 3.81. The summed E-state index contributed by atoms with van der Waals surface area (Å²) in [6.45, 7) is 25.1. The summed E-state index contributed by atoms with van der Waals surface area (Å²) >= 11 is 0. The van der Waals surface area contributed by atoms with Crippen LogP contribution in [-0.2, 0) is 0 Å². The second-order valence-corrected chi connectivity index (χ2v) is 11.6. The number of carbonyl (C=O) groups is 1. The first-order valence-electron chi connectivity index (χ1n) is 13.8. The molecule has 6 nitrogen and oxygen atoms in total. The van der Waals surface area contributed by atoms with Crippen molar-refractivity contribution in [2.45, 2.75) is 113 Å². The van der Waals surface area contributed by atoms with E-state index in [1.54, 1.807) is 0 Å². The molecule has 0 radical (unpaired) electrons. The van der Waals surface area contributed by atoms with Crippen molar-refractivity contribution in [2.24, 2.45) is 5.92 Å². The van der Waals surface area contributed by atoms with Crippen LogP contribution in [0.1, 0.15) is 93.4 Å². The van der Waals surface area contributed by atoms with Crippen LogP contribution in [0.3, 0.4) is 0 Å². The quantitative estimate of drug-likeness (QED) is 0.184. The van der Waals surface area contributed by atoms with Gasteiger partial charge >= 0.3 is 0 Å². The first-order chi connectivity index (χ1) is 17.2. The van der Waals surface area contributed by atoms with Crippen LogP contribution in [0, 0.1) is 5.92 Å². The van der Waals surface area contributed by atoms with Gasteiger partial charge in [0.25, 0.3) is 0 Å². The van der Waals surface area contributed by atoms with Crippen molar-refractivity contribution in [3.8, 4) is 0 Å². The van der Waals surface area contributed by atoms with Gasteiger partial charge in [0.15, 0.2) is 5.78 Å². The first-order valence-corrected chi connectivity index (χ1v) is 13.8. The van der Waals surface area contributed by atoms with Crippen LogP contribution in [-0.4, -0.2) is 36.0 Å². The summed E-state index contributed by atoms with van der Waals surface area (Å²) in [7, 11) is 0. The highest BCUT2D eigenvalue weighted by molar-refractivity contribution is 5.99. The highest BCUT2D eigenvalue weighted by Gasteiger charge is 2.13. The molecule has 0 saturated carbocycles. The molecular formula is C31H53N5O. The maximum absolute atomic E-state index is 12.2. The fourth-order valence-electron chi connectivity index (χ4n) is 3.81. The summed E-state index contributed by atoms with van der Waals surface area (Å²) in [4.78, 5) is 12.2. The highest BCUT2D eigenvalue weighted by Crippen LogP contribution is 2.25. The molecule has 0 aromatic heterocycles.